The summed E-state index contributed by atoms with van der Waals surface area (Å²) in [5.41, 5.74) is 4.73. The Hall–Kier alpha value is -0.870. The van der Waals surface area contributed by atoms with Crippen LogP contribution in [0.15, 0.2) is 12.1 Å². The third-order valence-corrected chi connectivity index (χ3v) is 11.3. The molecule has 2 aromatic rings. The van der Waals surface area contributed by atoms with Gasteiger partial charge in [0.1, 0.15) is 9.57 Å². The maximum absolute atomic E-state index is 11.5. The molecule has 1 N–H and O–H groups in total. The Kier molecular flexibility index (Phi) is 12.1. The van der Waals surface area contributed by atoms with Gasteiger partial charge >= 0.3 is 0 Å². The Balaban J connectivity index is 1.54. The van der Waals surface area contributed by atoms with E-state index in [9.17, 15) is 5.11 Å². The number of phenols is 1. The first kappa shape index (κ1) is 30.1. The summed E-state index contributed by atoms with van der Waals surface area (Å²) in [6.45, 7) is 19.6. The molecule has 2 aliphatic heterocycles. The number of nitrogens with zero attached hydrogens (tertiary/aromatic N) is 4. The lowest BCUT2D eigenvalue weighted by Gasteiger charge is -2.36. The van der Waals surface area contributed by atoms with Crippen LogP contribution >= 0.6 is 32.9 Å². The second-order valence-electron chi connectivity index (χ2n) is 11.1. The van der Waals surface area contributed by atoms with Crippen molar-refractivity contribution in [1.82, 2.24) is 19.6 Å². The standard InChI is InChI=1S/C30H48N4OS3/c1-4-7-10-31-12-16-33(17-13-31)22-25-20-24(29-27(9-6-3)30(36)38-37-29)21-26(28(25)35)23-34-18-14-32(15-19-34)11-8-5-2/h20-21,35H,4-19,22-23H2,1-3H3. The van der Waals surface area contributed by atoms with Gasteiger partial charge in [0.25, 0.3) is 0 Å². The number of aromatic hydroxyl groups is 1. The molecule has 2 fully saturated rings. The van der Waals surface area contributed by atoms with Gasteiger partial charge < -0.3 is 14.9 Å². The fourth-order valence-electron chi connectivity index (χ4n) is 5.68. The van der Waals surface area contributed by atoms with Gasteiger partial charge in [0, 0.05) is 76.6 Å². The summed E-state index contributed by atoms with van der Waals surface area (Å²) in [4.78, 5) is 11.6. The summed E-state index contributed by atoms with van der Waals surface area (Å²) in [6.07, 6.45) is 7.21. The average molecular weight is 577 g/mol. The van der Waals surface area contributed by atoms with Crippen LogP contribution in [0.5, 0.6) is 5.75 Å². The van der Waals surface area contributed by atoms with Gasteiger partial charge in [0.15, 0.2) is 0 Å². The van der Waals surface area contributed by atoms with Crippen LogP contribution in [0.1, 0.15) is 69.6 Å². The molecule has 8 heteroatoms. The molecule has 2 saturated heterocycles. The Labute approximate surface area is 243 Å². The van der Waals surface area contributed by atoms with Gasteiger partial charge in [-0.2, -0.15) is 0 Å². The SMILES string of the molecule is CCCCN1CCN(Cc2cc(-c3ssc(=S)c3CCC)cc(CN3CCN(CCCC)CC3)c2O)CC1. The molecule has 3 heterocycles. The molecule has 0 saturated carbocycles. The van der Waals surface area contributed by atoms with Crippen molar-refractivity contribution < 1.29 is 5.11 Å². The van der Waals surface area contributed by atoms with Crippen molar-refractivity contribution in [2.45, 2.75) is 72.4 Å². The fourth-order valence-corrected chi connectivity index (χ4v) is 8.67. The van der Waals surface area contributed by atoms with Gasteiger partial charge in [-0.1, -0.05) is 72.9 Å². The molecule has 0 radical (unpaired) electrons. The van der Waals surface area contributed by atoms with Crippen LogP contribution in [0.2, 0.25) is 0 Å². The van der Waals surface area contributed by atoms with E-state index in [-0.39, 0.29) is 0 Å². The number of hydrogen-bond acceptors (Lipinski definition) is 8. The summed E-state index contributed by atoms with van der Waals surface area (Å²) in [5.74, 6) is 0.506. The van der Waals surface area contributed by atoms with E-state index >= 15 is 0 Å². The van der Waals surface area contributed by atoms with Crippen molar-refractivity contribution in [3.05, 3.63) is 32.6 Å². The summed E-state index contributed by atoms with van der Waals surface area (Å²) in [6, 6.07) is 4.52. The molecule has 0 bridgehead atoms. The molecular weight excluding hydrogens is 529 g/mol. The zero-order valence-electron chi connectivity index (χ0n) is 23.8. The monoisotopic (exact) mass is 576 g/mol. The minimum Gasteiger partial charge on any atom is -0.507 e. The Morgan fingerprint density at radius 2 is 1.18 bits per heavy atom. The zero-order valence-corrected chi connectivity index (χ0v) is 26.3. The van der Waals surface area contributed by atoms with Gasteiger partial charge in [-0.05, 0) is 55.6 Å². The Bertz CT molecular complexity index is 1000. The Morgan fingerprint density at radius 3 is 1.63 bits per heavy atom. The van der Waals surface area contributed by atoms with E-state index in [1.807, 2.05) is 10.3 Å². The highest BCUT2D eigenvalue weighted by Gasteiger charge is 2.23. The molecule has 2 aliphatic rings. The second kappa shape index (κ2) is 15.2. The smallest absolute Gasteiger partial charge is 0.124 e. The van der Waals surface area contributed by atoms with Crippen molar-refractivity contribution in [3.63, 3.8) is 0 Å². The summed E-state index contributed by atoms with van der Waals surface area (Å²) < 4.78 is 1.04. The molecule has 212 valence electrons. The number of benzene rings is 1. The number of unbranched alkanes of at least 4 members (excludes halogenated alkanes) is 2. The van der Waals surface area contributed by atoms with Crippen molar-refractivity contribution in [2.24, 2.45) is 0 Å². The number of rotatable bonds is 13. The van der Waals surface area contributed by atoms with Crippen LogP contribution in [0, 0.1) is 3.82 Å². The first-order chi connectivity index (χ1) is 18.5. The van der Waals surface area contributed by atoms with E-state index in [0.717, 1.165) is 93.2 Å². The van der Waals surface area contributed by atoms with Gasteiger partial charge in [0.2, 0.25) is 0 Å². The van der Waals surface area contributed by atoms with Crippen molar-refractivity contribution in [2.75, 3.05) is 65.4 Å². The van der Waals surface area contributed by atoms with Crippen molar-refractivity contribution >= 4 is 32.9 Å². The highest BCUT2D eigenvalue weighted by atomic mass is 32.9. The fraction of sp³-hybridized carbons (Fsp3) is 0.700. The molecule has 0 spiro atoms. The Morgan fingerprint density at radius 1 is 0.711 bits per heavy atom. The summed E-state index contributed by atoms with van der Waals surface area (Å²) in [5, 5.41) is 11.5. The van der Waals surface area contributed by atoms with E-state index in [4.69, 9.17) is 12.2 Å². The highest BCUT2D eigenvalue weighted by molar-refractivity contribution is 7.80. The molecule has 0 unspecified atom stereocenters. The predicted octanol–water partition coefficient (Wildman–Crippen LogP) is 6.70. The number of hydrogen-bond donors (Lipinski definition) is 1. The van der Waals surface area contributed by atoms with Crippen LogP contribution < -0.4 is 0 Å². The molecule has 0 aliphatic carbocycles. The molecule has 0 amide bonds. The molecule has 5 nitrogen and oxygen atoms in total. The number of phenolic OH excluding ortho intramolecular Hbond substituents is 1. The predicted molar refractivity (Wildman–Crippen MR) is 167 cm³/mol. The first-order valence-electron chi connectivity index (χ1n) is 14.9. The molecule has 1 aromatic heterocycles. The maximum atomic E-state index is 11.5. The van der Waals surface area contributed by atoms with Gasteiger partial charge in [-0.3, -0.25) is 9.80 Å². The van der Waals surface area contributed by atoms with Gasteiger partial charge in [0.05, 0.1) is 4.88 Å². The lowest BCUT2D eigenvalue weighted by atomic mass is 9.99. The van der Waals surface area contributed by atoms with Crippen LogP contribution in [-0.2, 0) is 19.5 Å². The van der Waals surface area contributed by atoms with Gasteiger partial charge in [-0.15, -0.1) is 0 Å². The lowest BCUT2D eigenvalue weighted by molar-refractivity contribution is 0.123. The minimum atomic E-state index is 0.506. The molecule has 38 heavy (non-hydrogen) atoms. The quantitative estimate of drug-likeness (QED) is 0.211. The molecular formula is C30H48N4OS3. The van der Waals surface area contributed by atoms with E-state index in [2.05, 4.69) is 52.5 Å². The first-order valence-corrected chi connectivity index (χ1v) is 17.4. The third-order valence-electron chi connectivity index (χ3n) is 8.12. The van der Waals surface area contributed by atoms with Crippen molar-refractivity contribution in [1.29, 1.82) is 0 Å². The van der Waals surface area contributed by atoms with E-state index in [1.165, 1.54) is 54.8 Å². The zero-order chi connectivity index (χ0) is 26.9. The lowest BCUT2D eigenvalue weighted by Crippen LogP contribution is -2.46. The summed E-state index contributed by atoms with van der Waals surface area (Å²) >= 11 is 5.73. The van der Waals surface area contributed by atoms with Crippen LogP contribution in [0.3, 0.4) is 0 Å². The number of piperazine rings is 2. The van der Waals surface area contributed by atoms with E-state index in [0.29, 0.717) is 5.75 Å². The normalized spacial score (nSPS) is 18.4. The minimum absolute atomic E-state index is 0.506. The van der Waals surface area contributed by atoms with Crippen molar-refractivity contribution in [3.8, 4) is 16.2 Å². The molecule has 4 rings (SSSR count). The third kappa shape index (κ3) is 8.09. The van der Waals surface area contributed by atoms with E-state index in [1.54, 1.807) is 10.3 Å². The molecule has 0 atom stereocenters. The maximum Gasteiger partial charge on any atom is 0.124 e. The average Bonchev–Trinajstić information content (AvgIpc) is 3.30. The molecule has 1 aromatic carbocycles. The van der Waals surface area contributed by atoms with Gasteiger partial charge in [-0.25, -0.2) is 0 Å². The second-order valence-corrected chi connectivity index (χ2v) is 13.9. The highest BCUT2D eigenvalue weighted by Crippen LogP contribution is 2.39. The topological polar surface area (TPSA) is 33.2 Å². The largest absolute Gasteiger partial charge is 0.507 e. The van der Waals surface area contributed by atoms with Crippen LogP contribution in [-0.4, -0.2) is 90.2 Å². The van der Waals surface area contributed by atoms with Crippen LogP contribution in [0.4, 0.5) is 0 Å². The summed E-state index contributed by atoms with van der Waals surface area (Å²) in [7, 11) is 3.54. The van der Waals surface area contributed by atoms with Crippen LogP contribution in [0.25, 0.3) is 10.4 Å². The van der Waals surface area contributed by atoms with E-state index < -0.39 is 0 Å².